The topological polar surface area (TPSA) is 43.8 Å². The van der Waals surface area contributed by atoms with Gasteiger partial charge in [0.2, 0.25) is 0 Å². The van der Waals surface area contributed by atoms with Gasteiger partial charge >= 0.3 is 0 Å². The van der Waals surface area contributed by atoms with E-state index in [-0.39, 0.29) is 0 Å². The summed E-state index contributed by atoms with van der Waals surface area (Å²) in [4.78, 5) is 3.29. The van der Waals surface area contributed by atoms with Gasteiger partial charge < -0.3 is 5.73 Å². The van der Waals surface area contributed by atoms with Crippen LogP contribution < -0.4 is 5.73 Å². The highest BCUT2D eigenvalue weighted by Gasteiger charge is 1.97. The van der Waals surface area contributed by atoms with Crippen LogP contribution in [-0.4, -0.2) is 9.55 Å². The molecule has 0 amide bonds. The number of nitrogen functional groups attached to an aromatic ring is 1. The number of hydrogen-bond donors (Lipinski definition) is 1. The molecule has 8 heavy (non-hydrogen) atoms. The summed E-state index contributed by atoms with van der Waals surface area (Å²) in [5.74, 6) is 0.336. The zero-order valence-electron chi connectivity index (χ0n) is 4.43. The summed E-state index contributed by atoms with van der Waals surface area (Å²) in [5, 5.41) is 0. The van der Waals surface area contributed by atoms with Crippen molar-refractivity contribution < 1.29 is 4.39 Å². The van der Waals surface area contributed by atoms with Gasteiger partial charge in [-0.25, -0.2) is 4.98 Å². The summed E-state index contributed by atoms with van der Waals surface area (Å²) in [7, 11) is 1.51. The molecule has 0 spiro atoms. The third-order valence-corrected chi connectivity index (χ3v) is 0.967. The van der Waals surface area contributed by atoms with Crippen molar-refractivity contribution in [3.8, 4) is 0 Å². The molecule has 0 aromatic carbocycles. The highest BCUT2D eigenvalue weighted by atomic mass is 19.1. The average molecular weight is 115 g/mol. The number of imidazole rings is 1. The Bertz CT molecular complexity index is 174. The third kappa shape index (κ3) is 0.538. The lowest BCUT2D eigenvalue weighted by Crippen LogP contribution is -1.97. The fourth-order valence-corrected chi connectivity index (χ4v) is 0.399. The van der Waals surface area contributed by atoms with Crippen LogP contribution in [-0.2, 0) is 7.05 Å². The van der Waals surface area contributed by atoms with Gasteiger partial charge in [0.05, 0.1) is 6.20 Å². The lowest BCUT2D eigenvalue weighted by atomic mass is 10.8. The smallest absolute Gasteiger partial charge is 0.290 e. The normalized spacial score (nSPS) is 9.75. The van der Waals surface area contributed by atoms with Crippen molar-refractivity contribution in [3.05, 3.63) is 12.3 Å². The van der Waals surface area contributed by atoms with E-state index in [4.69, 9.17) is 5.73 Å². The monoisotopic (exact) mass is 115 g/mol. The van der Waals surface area contributed by atoms with E-state index in [1.807, 2.05) is 0 Å². The zero-order valence-corrected chi connectivity index (χ0v) is 4.43. The molecule has 0 aliphatic heterocycles. The number of nitrogens with two attached hydrogens (primary N) is 1. The Hall–Kier alpha value is -1.06. The van der Waals surface area contributed by atoms with E-state index in [0.29, 0.717) is 5.82 Å². The first-order valence-corrected chi connectivity index (χ1v) is 2.14. The van der Waals surface area contributed by atoms with E-state index in [2.05, 4.69) is 4.98 Å². The fraction of sp³-hybridized carbons (Fsp3) is 0.250. The average Bonchev–Trinajstić information content (AvgIpc) is 1.98. The summed E-state index contributed by atoms with van der Waals surface area (Å²) < 4.78 is 13.3. The minimum absolute atomic E-state index is 0.336. The molecule has 0 aliphatic rings. The number of rotatable bonds is 0. The molecule has 4 heteroatoms. The summed E-state index contributed by atoms with van der Waals surface area (Å²) in [6.07, 6.45) is 0.720. The maximum atomic E-state index is 12.1. The number of aromatic nitrogens is 2. The molecule has 0 radical (unpaired) electrons. The van der Waals surface area contributed by atoms with Gasteiger partial charge in [0.1, 0.15) is 5.82 Å². The second kappa shape index (κ2) is 1.47. The van der Waals surface area contributed by atoms with E-state index < -0.39 is 6.08 Å². The zero-order chi connectivity index (χ0) is 6.15. The minimum Gasteiger partial charge on any atom is -0.384 e. The van der Waals surface area contributed by atoms with Gasteiger partial charge in [0.25, 0.3) is 6.08 Å². The molecule has 0 fully saturated rings. The van der Waals surface area contributed by atoms with Crippen LogP contribution >= 0.6 is 0 Å². The van der Waals surface area contributed by atoms with E-state index in [1.165, 1.54) is 17.8 Å². The van der Waals surface area contributed by atoms with Crippen molar-refractivity contribution in [3.63, 3.8) is 0 Å². The van der Waals surface area contributed by atoms with E-state index >= 15 is 0 Å². The lowest BCUT2D eigenvalue weighted by Gasteiger charge is -1.90. The number of nitrogens with zero attached hydrogens (tertiary/aromatic N) is 2. The Balaban J connectivity index is 3.19. The van der Waals surface area contributed by atoms with Crippen molar-refractivity contribution >= 4 is 5.82 Å². The van der Waals surface area contributed by atoms with E-state index in [1.54, 1.807) is 0 Å². The van der Waals surface area contributed by atoms with Gasteiger partial charge in [-0.1, -0.05) is 0 Å². The highest BCUT2D eigenvalue weighted by molar-refractivity contribution is 5.24. The Morgan fingerprint density at radius 2 is 2.50 bits per heavy atom. The van der Waals surface area contributed by atoms with Gasteiger partial charge in [-0.2, -0.15) is 4.39 Å². The van der Waals surface area contributed by atoms with Crippen molar-refractivity contribution in [2.24, 2.45) is 7.05 Å². The largest absolute Gasteiger partial charge is 0.384 e. The molecule has 0 saturated carbocycles. The second-order valence-electron chi connectivity index (χ2n) is 1.51. The van der Waals surface area contributed by atoms with E-state index in [0.717, 1.165) is 0 Å². The summed E-state index contributed by atoms with van der Waals surface area (Å²) in [6, 6.07) is 0. The third-order valence-electron chi connectivity index (χ3n) is 0.967. The summed E-state index contributed by atoms with van der Waals surface area (Å²) in [6.45, 7) is 0. The molecule has 1 heterocycles. The van der Waals surface area contributed by atoms with Gasteiger partial charge in [-0.3, -0.25) is 4.57 Å². The van der Waals surface area contributed by atoms with Gasteiger partial charge in [0, 0.05) is 7.05 Å². The molecule has 3 nitrogen and oxygen atoms in total. The Labute approximate surface area is 45.9 Å². The molecule has 0 unspecified atom stereocenters. The molecule has 0 aliphatic carbocycles. The first-order chi connectivity index (χ1) is 3.72. The van der Waals surface area contributed by atoms with Crippen molar-refractivity contribution in [1.82, 2.24) is 9.55 Å². The number of halogens is 1. The quantitative estimate of drug-likeness (QED) is 0.522. The maximum absolute atomic E-state index is 12.1. The van der Waals surface area contributed by atoms with Gasteiger partial charge in [0.15, 0.2) is 0 Å². The molecule has 2 N–H and O–H groups in total. The molecule has 1 aromatic heterocycles. The van der Waals surface area contributed by atoms with Crippen LogP contribution in [0.3, 0.4) is 0 Å². The molecule has 44 valence electrons. The predicted octanol–water partition coefficient (Wildman–Crippen LogP) is 0.141. The fourth-order valence-electron chi connectivity index (χ4n) is 0.399. The van der Waals surface area contributed by atoms with Crippen LogP contribution in [0.1, 0.15) is 0 Å². The van der Waals surface area contributed by atoms with E-state index in [9.17, 15) is 4.39 Å². The molecule has 0 atom stereocenters. The molecular weight excluding hydrogens is 109 g/mol. The minimum atomic E-state index is -0.553. The van der Waals surface area contributed by atoms with Crippen molar-refractivity contribution in [1.29, 1.82) is 0 Å². The Kier molecular flexibility index (Phi) is 0.932. The van der Waals surface area contributed by atoms with Crippen LogP contribution in [0.2, 0.25) is 0 Å². The first kappa shape index (κ1) is 5.08. The molecular formula is C4H6FN3. The van der Waals surface area contributed by atoms with Crippen molar-refractivity contribution in [2.75, 3.05) is 5.73 Å². The summed E-state index contributed by atoms with van der Waals surface area (Å²) >= 11 is 0. The van der Waals surface area contributed by atoms with Crippen LogP contribution in [0.25, 0.3) is 0 Å². The predicted molar refractivity (Wildman–Crippen MR) is 27.6 cm³/mol. The first-order valence-electron chi connectivity index (χ1n) is 2.14. The van der Waals surface area contributed by atoms with Crippen LogP contribution in [0.15, 0.2) is 6.20 Å². The standard InChI is InChI=1S/C4H6FN3/c1-8-3(6)2-7-4(8)5/h2H,6H2,1H3. The number of anilines is 1. The van der Waals surface area contributed by atoms with Crippen LogP contribution in [0.4, 0.5) is 10.2 Å². The summed E-state index contributed by atoms with van der Waals surface area (Å²) in [5.41, 5.74) is 5.20. The lowest BCUT2D eigenvalue weighted by molar-refractivity contribution is 0.503. The second-order valence-corrected chi connectivity index (χ2v) is 1.51. The van der Waals surface area contributed by atoms with Crippen LogP contribution in [0.5, 0.6) is 0 Å². The van der Waals surface area contributed by atoms with Crippen LogP contribution in [0, 0.1) is 6.08 Å². The van der Waals surface area contributed by atoms with Gasteiger partial charge in [-0.15, -0.1) is 0 Å². The van der Waals surface area contributed by atoms with Gasteiger partial charge in [-0.05, 0) is 0 Å². The molecule has 1 rings (SSSR count). The Morgan fingerprint density at radius 3 is 2.62 bits per heavy atom. The molecule has 0 saturated heterocycles. The van der Waals surface area contributed by atoms with Crippen molar-refractivity contribution in [2.45, 2.75) is 0 Å². The Morgan fingerprint density at radius 1 is 1.88 bits per heavy atom. The molecule has 1 aromatic rings. The SMILES string of the molecule is Cn1c(N)cnc1F. The maximum Gasteiger partial charge on any atom is 0.290 e. The highest BCUT2D eigenvalue weighted by Crippen LogP contribution is 1.99. The molecule has 0 bridgehead atoms. The number of hydrogen-bond acceptors (Lipinski definition) is 2.